The first-order valence-corrected chi connectivity index (χ1v) is 7.37. The highest BCUT2D eigenvalue weighted by molar-refractivity contribution is 9.10. The Bertz CT molecular complexity index is 461. The Morgan fingerprint density at radius 1 is 1.43 bits per heavy atom. The van der Waals surface area contributed by atoms with Gasteiger partial charge in [0, 0.05) is 18.7 Å². The SMILES string of the molecule is CCOc1c(Br)cc(Cl)cc1NC(=O)CNCCOC.Cl. The van der Waals surface area contributed by atoms with Gasteiger partial charge in [0.1, 0.15) is 0 Å². The number of carbonyl (C=O) groups is 1. The Balaban J connectivity index is 0.00000400. The van der Waals surface area contributed by atoms with E-state index in [0.29, 0.717) is 40.7 Å². The number of ether oxygens (including phenoxy) is 2. The molecule has 0 bridgehead atoms. The molecule has 0 aromatic heterocycles. The van der Waals surface area contributed by atoms with Crippen LogP contribution in [0.15, 0.2) is 16.6 Å². The molecule has 2 N–H and O–H groups in total. The number of methoxy groups -OCH3 is 1. The number of hydrogen-bond donors (Lipinski definition) is 2. The molecule has 0 unspecified atom stereocenters. The molecule has 1 aromatic carbocycles. The number of rotatable bonds is 8. The molecule has 0 radical (unpaired) electrons. The fourth-order valence-corrected chi connectivity index (χ4v) is 2.44. The van der Waals surface area contributed by atoms with Crippen LogP contribution in [-0.4, -0.2) is 39.3 Å². The molecule has 0 heterocycles. The Morgan fingerprint density at radius 3 is 2.76 bits per heavy atom. The summed E-state index contributed by atoms with van der Waals surface area (Å²) >= 11 is 9.35. The minimum atomic E-state index is -0.170. The van der Waals surface area contributed by atoms with Gasteiger partial charge in [0.25, 0.3) is 0 Å². The molecule has 0 saturated heterocycles. The Kier molecular flexibility index (Phi) is 10.8. The van der Waals surface area contributed by atoms with Crippen molar-refractivity contribution < 1.29 is 14.3 Å². The molecule has 1 rings (SSSR count). The molecule has 1 aromatic rings. The average Bonchev–Trinajstić information content (AvgIpc) is 2.39. The van der Waals surface area contributed by atoms with Gasteiger partial charge in [0.05, 0.1) is 29.9 Å². The molecule has 5 nitrogen and oxygen atoms in total. The van der Waals surface area contributed by atoms with Crippen molar-refractivity contribution in [3.63, 3.8) is 0 Å². The first-order valence-electron chi connectivity index (χ1n) is 6.19. The van der Waals surface area contributed by atoms with E-state index in [4.69, 9.17) is 21.1 Å². The third kappa shape index (κ3) is 7.33. The summed E-state index contributed by atoms with van der Waals surface area (Å²) in [6, 6.07) is 3.38. The lowest BCUT2D eigenvalue weighted by Gasteiger charge is -2.14. The topological polar surface area (TPSA) is 59.6 Å². The Morgan fingerprint density at radius 2 is 2.14 bits per heavy atom. The molecule has 0 saturated carbocycles. The summed E-state index contributed by atoms with van der Waals surface area (Å²) < 4.78 is 11.1. The van der Waals surface area contributed by atoms with Crippen molar-refractivity contribution in [2.75, 3.05) is 38.7 Å². The van der Waals surface area contributed by atoms with E-state index < -0.39 is 0 Å². The number of benzene rings is 1. The van der Waals surface area contributed by atoms with Gasteiger partial charge < -0.3 is 20.1 Å². The van der Waals surface area contributed by atoms with Crippen LogP contribution in [0.5, 0.6) is 5.75 Å². The van der Waals surface area contributed by atoms with Crippen LogP contribution < -0.4 is 15.4 Å². The normalized spacial score (nSPS) is 9.90. The quantitative estimate of drug-likeness (QED) is 0.657. The van der Waals surface area contributed by atoms with E-state index in [1.807, 2.05) is 6.92 Å². The fraction of sp³-hybridized carbons (Fsp3) is 0.462. The van der Waals surface area contributed by atoms with Crippen molar-refractivity contribution in [2.45, 2.75) is 6.92 Å². The molecule has 0 aliphatic rings. The minimum absolute atomic E-state index is 0. The van der Waals surface area contributed by atoms with Crippen molar-refractivity contribution in [3.8, 4) is 5.75 Å². The monoisotopic (exact) mass is 400 g/mol. The summed E-state index contributed by atoms with van der Waals surface area (Å²) in [5.41, 5.74) is 0.546. The summed E-state index contributed by atoms with van der Waals surface area (Å²) in [6.45, 7) is 3.73. The number of anilines is 1. The summed E-state index contributed by atoms with van der Waals surface area (Å²) in [4.78, 5) is 11.8. The molecule has 120 valence electrons. The van der Waals surface area contributed by atoms with Crippen molar-refractivity contribution in [1.29, 1.82) is 0 Å². The van der Waals surface area contributed by atoms with Crippen LogP contribution in [0, 0.1) is 0 Å². The maximum atomic E-state index is 11.8. The zero-order valence-electron chi connectivity index (χ0n) is 11.9. The molecule has 8 heteroatoms. The second-order valence-corrected chi connectivity index (χ2v) is 5.21. The van der Waals surface area contributed by atoms with Gasteiger partial charge in [0.2, 0.25) is 5.91 Å². The summed E-state index contributed by atoms with van der Waals surface area (Å²) in [5.74, 6) is 0.401. The number of halogens is 3. The van der Waals surface area contributed by atoms with Crippen LogP contribution in [0.25, 0.3) is 0 Å². The van der Waals surface area contributed by atoms with E-state index in [9.17, 15) is 4.79 Å². The average molecular weight is 402 g/mol. The Hall–Kier alpha value is -0.530. The summed E-state index contributed by atoms with van der Waals surface area (Å²) in [7, 11) is 1.61. The lowest BCUT2D eigenvalue weighted by Crippen LogP contribution is -2.30. The van der Waals surface area contributed by atoms with E-state index >= 15 is 0 Å². The van der Waals surface area contributed by atoms with Gasteiger partial charge in [-0.15, -0.1) is 12.4 Å². The van der Waals surface area contributed by atoms with E-state index in [1.165, 1.54) is 0 Å². The van der Waals surface area contributed by atoms with Crippen LogP contribution in [0.1, 0.15) is 6.92 Å². The van der Waals surface area contributed by atoms with E-state index in [-0.39, 0.29) is 24.9 Å². The highest BCUT2D eigenvalue weighted by Gasteiger charge is 2.12. The number of nitrogens with one attached hydrogen (secondary N) is 2. The molecule has 0 atom stereocenters. The van der Waals surface area contributed by atoms with Gasteiger partial charge in [-0.25, -0.2) is 0 Å². The predicted molar refractivity (Wildman–Crippen MR) is 90.9 cm³/mol. The van der Waals surface area contributed by atoms with Crippen LogP contribution in [0.2, 0.25) is 5.02 Å². The largest absolute Gasteiger partial charge is 0.491 e. The molecular weight excluding hydrogens is 383 g/mol. The lowest BCUT2D eigenvalue weighted by molar-refractivity contribution is -0.115. The first kappa shape index (κ1) is 20.5. The van der Waals surface area contributed by atoms with Crippen molar-refractivity contribution in [1.82, 2.24) is 5.32 Å². The smallest absolute Gasteiger partial charge is 0.238 e. The highest BCUT2D eigenvalue weighted by atomic mass is 79.9. The summed E-state index contributed by atoms with van der Waals surface area (Å²) in [5, 5.41) is 6.25. The molecule has 21 heavy (non-hydrogen) atoms. The fourth-order valence-electron chi connectivity index (χ4n) is 1.51. The second-order valence-electron chi connectivity index (χ2n) is 3.92. The second kappa shape index (κ2) is 11.1. The standard InChI is InChI=1S/C13H18BrClN2O3.ClH/c1-3-20-13-10(14)6-9(15)7-11(13)17-12(18)8-16-4-5-19-2;/h6-7,16H,3-5,8H2,1-2H3,(H,17,18);1H. The zero-order valence-corrected chi connectivity index (χ0v) is 15.0. The van der Waals surface area contributed by atoms with E-state index in [0.717, 1.165) is 0 Å². The number of carbonyl (C=O) groups excluding carboxylic acids is 1. The van der Waals surface area contributed by atoms with Gasteiger partial charge in [-0.2, -0.15) is 0 Å². The van der Waals surface area contributed by atoms with Gasteiger partial charge >= 0.3 is 0 Å². The van der Waals surface area contributed by atoms with Gasteiger partial charge in [-0.3, -0.25) is 4.79 Å². The molecule has 0 aliphatic carbocycles. The van der Waals surface area contributed by atoms with Crippen molar-refractivity contribution in [3.05, 3.63) is 21.6 Å². The highest BCUT2D eigenvalue weighted by Crippen LogP contribution is 2.36. The molecular formula is C13H19BrCl2N2O3. The van der Waals surface area contributed by atoms with Crippen molar-refractivity contribution >= 4 is 51.5 Å². The van der Waals surface area contributed by atoms with Crippen molar-refractivity contribution in [2.24, 2.45) is 0 Å². The molecule has 0 aliphatic heterocycles. The third-order valence-electron chi connectivity index (χ3n) is 2.34. The maximum Gasteiger partial charge on any atom is 0.238 e. The van der Waals surface area contributed by atoms with E-state index in [1.54, 1.807) is 19.2 Å². The van der Waals surface area contributed by atoms with E-state index in [2.05, 4.69) is 26.6 Å². The maximum absolute atomic E-state index is 11.8. The van der Waals surface area contributed by atoms with Crippen LogP contribution in [0.3, 0.4) is 0 Å². The summed E-state index contributed by atoms with van der Waals surface area (Å²) in [6.07, 6.45) is 0. The minimum Gasteiger partial charge on any atom is -0.491 e. The molecule has 0 fully saturated rings. The number of hydrogen-bond acceptors (Lipinski definition) is 4. The van der Waals surface area contributed by atoms with Crippen LogP contribution >= 0.6 is 39.9 Å². The Labute approximate surface area is 144 Å². The van der Waals surface area contributed by atoms with Gasteiger partial charge in [-0.1, -0.05) is 11.6 Å². The molecule has 1 amide bonds. The predicted octanol–water partition coefficient (Wildman–Crippen LogP) is 3.10. The number of amides is 1. The van der Waals surface area contributed by atoms with Crippen LogP contribution in [0.4, 0.5) is 5.69 Å². The van der Waals surface area contributed by atoms with Gasteiger partial charge in [-0.05, 0) is 35.0 Å². The first-order chi connectivity index (χ1) is 9.58. The third-order valence-corrected chi connectivity index (χ3v) is 3.15. The van der Waals surface area contributed by atoms with Gasteiger partial charge in [0.15, 0.2) is 5.75 Å². The lowest BCUT2D eigenvalue weighted by atomic mass is 10.3. The zero-order chi connectivity index (χ0) is 15.0. The van der Waals surface area contributed by atoms with Crippen LogP contribution in [-0.2, 0) is 9.53 Å². The molecule has 0 spiro atoms.